The number of aromatic amines is 1. The van der Waals surface area contributed by atoms with Gasteiger partial charge < -0.3 is 15.2 Å². The number of carbonyl (C=O) groups is 1. The highest BCUT2D eigenvalue weighted by Crippen LogP contribution is 2.35. The van der Waals surface area contributed by atoms with Crippen molar-refractivity contribution in [1.82, 2.24) is 14.9 Å². The van der Waals surface area contributed by atoms with E-state index < -0.39 is 38.6 Å². The molecule has 5 rings (SSSR count). The molecule has 3 aromatic rings. The maximum Gasteiger partial charge on any atom is 0.416 e. The van der Waals surface area contributed by atoms with Crippen LogP contribution in [-0.2, 0) is 29.0 Å². The number of sulfone groups is 1. The number of benzene rings is 2. The van der Waals surface area contributed by atoms with Crippen LogP contribution in [0, 0.1) is 5.82 Å². The van der Waals surface area contributed by atoms with Gasteiger partial charge in [0.15, 0.2) is 0 Å². The number of hydrogen-bond acceptors (Lipinski definition) is 5. The number of hydrogen-bond donors (Lipinski definition) is 2. The summed E-state index contributed by atoms with van der Waals surface area (Å²) in [5, 5.41) is 2.21. The average molecular weight is 508 g/mol. The highest BCUT2D eigenvalue weighted by molar-refractivity contribution is 7.92. The lowest BCUT2D eigenvalue weighted by molar-refractivity contribution is -0.137. The fraction of sp³-hybridized carbons (Fsp3) is 0.304. The van der Waals surface area contributed by atoms with E-state index in [1.54, 1.807) is 18.2 Å². The SMILES string of the molecule is O=C(c1c[nH]c(S(=O)(=O)C2CC2)n1)N1CCc2c(cccc2Nc2ccc(C(F)(F)F)cc2F)C1. The van der Waals surface area contributed by atoms with Gasteiger partial charge in [-0.15, -0.1) is 0 Å². The smallest absolute Gasteiger partial charge is 0.353 e. The van der Waals surface area contributed by atoms with Gasteiger partial charge in [0, 0.05) is 25.0 Å². The van der Waals surface area contributed by atoms with E-state index in [2.05, 4.69) is 15.3 Å². The van der Waals surface area contributed by atoms with Crippen LogP contribution < -0.4 is 5.32 Å². The van der Waals surface area contributed by atoms with Crippen LogP contribution in [0.25, 0.3) is 0 Å². The Morgan fingerprint density at radius 2 is 1.91 bits per heavy atom. The molecule has 0 bridgehead atoms. The Hall–Kier alpha value is -3.41. The second-order valence-corrected chi connectivity index (χ2v) is 10.7. The molecule has 2 aromatic carbocycles. The van der Waals surface area contributed by atoms with Crippen LogP contribution in [0.3, 0.4) is 0 Å². The number of halogens is 4. The van der Waals surface area contributed by atoms with Crippen LogP contribution in [0.5, 0.6) is 0 Å². The van der Waals surface area contributed by atoms with Gasteiger partial charge in [0.25, 0.3) is 5.91 Å². The van der Waals surface area contributed by atoms with Crippen LogP contribution >= 0.6 is 0 Å². The molecule has 7 nitrogen and oxygen atoms in total. The average Bonchev–Trinajstić information content (AvgIpc) is 3.56. The molecule has 1 amide bonds. The van der Waals surface area contributed by atoms with Gasteiger partial charge in [-0.05, 0) is 54.7 Å². The number of H-pyrrole nitrogens is 1. The van der Waals surface area contributed by atoms with Crippen LogP contribution in [0.1, 0.15) is 40.0 Å². The summed E-state index contributed by atoms with van der Waals surface area (Å²) in [4.78, 5) is 21.1. The molecule has 0 atom stereocenters. The number of nitrogens with zero attached hydrogens (tertiary/aromatic N) is 2. The summed E-state index contributed by atoms with van der Waals surface area (Å²) >= 11 is 0. The van der Waals surface area contributed by atoms with Gasteiger partial charge in [0.05, 0.1) is 16.5 Å². The van der Waals surface area contributed by atoms with Crippen molar-refractivity contribution >= 4 is 27.1 Å². The fourth-order valence-electron chi connectivity index (χ4n) is 4.10. The predicted octanol–water partition coefficient (Wildman–Crippen LogP) is 4.45. The summed E-state index contributed by atoms with van der Waals surface area (Å²) in [6.07, 6.45) is -1.77. The first-order valence-electron chi connectivity index (χ1n) is 10.9. The van der Waals surface area contributed by atoms with Gasteiger partial charge in [-0.25, -0.2) is 17.8 Å². The number of aromatic nitrogens is 2. The van der Waals surface area contributed by atoms with Gasteiger partial charge in [-0.3, -0.25) is 4.79 Å². The minimum absolute atomic E-state index is 0.00813. The number of amides is 1. The van der Waals surface area contributed by atoms with E-state index in [-0.39, 0.29) is 23.1 Å². The number of anilines is 2. The van der Waals surface area contributed by atoms with E-state index in [1.807, 2.05) is 0 Å². The van der Waals surface area contributed by atoms with Crippen molar-refractivity contribution in [2.75, 3.05) is 11.9 Å². The highest BCUT2D eigenvalue weighted by atomic mass is 32.2. The third kappa shape index (κ3) is 4.49. The van der Waals surface area contributed by atoms with Crippen molar-refractivity contribution in [1.29, 1.82) is 0 Å². The second kappa shape index (κ2) is 8.36. The summed E-state index contributed by atoms with van der Waals surface area (Å²) < 4.78 is 77.5. The minimum atomic E-state index is -4.64. The van der Waals surface area contributed by atoms with Crippen molar-refractivity contribution in [3.8, 4) is 0 Å². The third-order valence-electron chi connectivity index (χ3n) is 6.13. The minimum Gasteiger partial charge on any atom is -0.353 e. The largest absolute Gasteiger partial charge is 0.416 e. The maximum atomic E-state index is 14.3. The van der Waals surface area contributed by atoms with Gasteiger partial charge in [0.2, 0.25) is 15.0 Å². The van der Waals surface area contributed by atoms with Gasteiger partial charge in [-0.1, -0.05) is 12.1 Å². The summed E-state index contributed by atoms with van der Waals surface area (Å²) in [5.74, 6) is -1.45. The van der Waals surface area contributed by atoms with Gasteiger partial charge in [-0.2, -0.15) is 13.2 Å². The molecule has 0 spiro atoms. The van der Waals surface area contributed by atoms with Crippen molar-refractivity contribution in [3.63, 3.8) is 0 Å². The lowest BCUT2D eigenvalue weighted by Gasteiger charge is -2.30. The van der Waals surface area contributed by atoms with Crippen LogP contribution in [0.15, 0.2) is 47.8 Å². The van der Waals surface area contributed by atoms with Crippen LogP contribution in [-0.4, -0.2) is 41.0 Å². The summed E-state index contributed by atoms with van der Waals surface area (Å²) in [6, 6.07) is 7.49. The third-order valence-corrected chi connectivity index (χ3v) is 8.22. The first-order chi connectivity index (χ1) is 16.5. The monoisotopic (exact) mass is 508 g/mol. The number of carbonyl (C=O) groups excluding carboxylic acids is 1. The zero-order valence-corrected chi connectivity index (χ0v) is 19.0. The van der Waals surface area contributed by atoms with Crippen molar-refractivity contribution in [2.45, 2.75) is 42.4 Å². The van der Waals surface area contributed by atoms with E-state index in [9.17, 15) is 30.8 Å². The Kier molecular flexibility index (Phi) is 5.58. The molecule has 0 unspecified atom stereocenters. The van der Waals surface area contributed by atoms with Crippen molar-refractivity contribution < 1.29 is 30.8 Å². The normalized spacial score (nSPS) is 16.2. The highest BCUT2D eigenvalue weighted by Gasteiger charge is 2.39. The molecule has 2 N–H and O–H groups in total. The lowest BCUT2D eigenvalue weighted by atomic mass is 9.97. The topological polar surface area (TPSA) is 95.2 Å². The molecule has 12 heteroatoms. The molecule has 1 fully saturated rings. The van der Waals surface area contributed by atoms with Crippen LogP contribution in [0.2, 0.25) is 0 Å². The summed E-state index contributed by atoms with van der Waals surface area (Å²) in [7, 11) is -3.55. The molecular formula is C23H20F4N4O3S. The first kappa shape index (κ1) is 23.3. The summed E-state index contributed by atoms with van der Waals surface area (Å²) in [6.45, 7) is 0.522. The summed E-state index contributed by atoms with van der Waals surface area (Å²) in [5.41, 5.74) is 0.972. The molecule has 184 valence electrons. The lowest BCUT2D eigenvalue weighted by Crippen LogP contribution is -2.36. The molecule has 35 heavy (non-hydrogen) atoms. The fourth-order valence-corrected chi connectivity index (χ4v) is 5.62. The maximum absolute atomic E-state index is 14.3. The molecular weight excluding hydrogens is 488 g/mol. The number of imidazole rings is 1. The first-order valence-corrected chi connectivity index (χ1v) is 12.4. The van der Waals surface area contributed by atoms with Crippen LogP contribution in [0.4, 0.5) is 28.9 Å². The zero-order chi connectivity index (χ0) is 25.0. The van der Waals surface area contributed by atoms with Crippen molar-refractivity contribution in [2.24, 2.45) is 0 Å². The number of nitrogens with one attached hydrogen (secondary N) is 2. The Morgan fingerprint density at radius 1 is 1.14 bits per heavy atom. The Bertz CT molecular complexity index is 1410. The molecule has 1 aromatic heterocycles. The quantitative estimate of drug-likeness (QED) is 0.497. The molecule has 2 aliphatic rings. The zero-order valence-electron chi connectivity index (χ0n) is 18.2. The van der Waals surface area contributed by atoms with Crippen molar-refractivity contribution in [3.05, 3.63) is 70.8 Å². The molecule has 1 aliphatic heterocycles. The van der Waals surface area contributed by atoms with E-state index in [4.69, 9.17) is 0 Å². The van der Waals surface area contributed by atoms with E-state index in [1.165, 1.54) is 11.1 Å². The standard InChI is InChI=1S/C23H20F4N4O3S/c24-17-10-14(23(25,26)27)4-7-19(17)29-18-3-1-2-13-12-31(9-8-16(13)18)21(32)20-11-28-22(30-20)35(33,34)15-5-6-15/h1-4,7,10-11,15,29H,5-6,8-9,12H2,(H,28,30). The van der Waals surface area contributed by atoms with Gasteiger partial charge in [0.1, 0.15) is 11.5 Å². The van der Waals surface area contributed by atoms with E-state index >= 15 is 0 Å². The number of rotatable bonds is 5. The second-order valence-electron chi connectivity index (χ2n) is 8.57. The number of fused-ring (bicyclic) bond motifs is 1. The molecule has 0 saturated heterocycles. The predicted molar refractivity (Wildman–Crippen MR) is 118 cm³/mol. The van der Waals surface area contributed by atoms with E-state index in [0.29, 0.717) is 37.6 Å². The Labute approximate surface area is 198 Å². The molecule has 0 radical (unpaired) electrons. The van der Waals surface area contributed by atoms with E-state index in [0.717, 1.165) is 23.3 Å². The Balaban J connectivity index is 1.33. The number of alkyl halides is 3. The molecule has 1 saturated carbocycles. The Morgan fingerprint density at radius 3 is 2.60 bits per heavy atom. The molecule has 2 heterocycles. The molecule has 1 aliphatic carbocycles. The van der Waals surface area contributed by atoms with Gasteiger partial charge >= 0.3 is 6.18 Å².